The Bertz CT molecular complexity index is 464. The van der Waals surface area contributed by atoms with Crippen molar-refractivity contribution in [2.75, 3.05) is 5.73 Å². The van der Waals surface area contributed by atoms with Gasteiger partial charge in [0.05, 0.1) is 0 Å². The fraction of sp³-hybridized carbons (Fsp3) is 0.222. The summed E-state index contributed by atoms with van der Waals surface area (Å²) in [5.74, 6) is 0. The minimum atomic E-state index is 0.475. The first-order valence-electron chi connectivity index (χ1n) is 4.20. The van der Waals surface area contributed by atoms with Gasteiger partial charge in [-0.05, 0) is 31.0 Å². The van der Waals surface area contributed by atoms with Gasteiger partial charge >= 0.3 is 0 Å². The summed E-state index contributed by atoms with van der Waals surface area (Å²) in [5, 5.41) is 8.99. The van der Waals surface area contributed by atoms with E-state index in [0.717, 1.165) is 16.3 Å². The van der Waals surface area contributed by atoms with E-state index >= 15 is 0 Å². The molecule has 0 aliphatic heterocycles. The summed E-state index contributed by atoms with van der Waals surface area (Å²) in [5.41, 5.74) is 8.72. The Morgan fingerprint density at radius 3 is 2.71 bits per heavy atom. The maximum absolute atomic E-state index is 5.52. The zero-order chi connectivity index (χ0) is 10.1. The Kier molecular flexibility index (Phi) is 2.17. The standard InChI is InChI=1S/C9H10N4S/c1-5-3-4-11-7(6(5)2)8-12-13-9(10)14-8/h3-4H,1-2H3,(H2,10,13). The first-order chi connectivity index (χ1) is 6.68. The summed E-state index contributed by atoms with van der Waals surface area (Å²) >= 11 is 1.36. The lowest BCUT2D eigenvalue weighted by atomic mass is 10.1. The van der Waals surface area contributed by atoms with Gasteiger partial charge in [-0.15, -0.1) is 10.2 Å². The summed E-state index contributed by atoms with van der Waals surface area (Å²) in [6, 6.07) is 1.98. The molecule has 14 heavy (non-hydrogen) atoms. The molecule has 0 spiro atoms. The third kappa shape index (κ3) is 1.46. The van der Waals surface area contributed by atoms with Crippen molar-refractivity contribution in [2.45, 2.75) is 13.8 Å². The van der Waals surface area contributed by atoms with Crippen LogP contribution in [0, 0.1) is 13.8 Å². The highest BCUT2D eigenvalue weighted by atomic mass is 32.1. The van der Waals surface area contributed by atoms with Crippen molar-refractivity contribution in [1.29, 1.82) is 0 Å². The molecule has 0 saturated heterocycles. The highest BCUT2D eigenvalue weighted by Crippen LogP contribution is 2.26. The molecule has 5 heteroatoms. The third-order valence-corrected chi connectivity index (χ3v) is 2.88. The summed E-state index contributed by atoms with van der Waals surface area (Å²) in [7, 11) is 0. The van der Waals surface area contributed by atoms with Crippen molar-refractivity contribution in [3.8, 4) is 10.7 Å². The Labute approximate surface area is 85.8 Å². The molecule has 0 fully saturated rings. The molecule has 0 amide bonds. The number of nitrogen functional groups attached to an aromatic ring is 1. The van der Waals surface area contributed by atoms with Crippen LogP contribution >= 0.6 is 11.3 Å². The second-order valence-corrected chi connectivity index (χ2v) is 4.06. The van der Waals surface area contributed by atoms with Gasteiger partial charge in [-0.1, -0.05) is 11.3 Å². The molecule has 0 aliphatic rings. The van der Waals surface area contributed by atoms with Crippen LogP contribution in [0.4, 0.5) is 5.13 Å². The first-order valence-corrected chi connectivity index (χ1v) is 5.01. The number of hydrogen-bond acceptors (Lipinski definition) is 5. The molecule has 4 nitrogen and oxygen atoms in total. The predicted octanol–water partition coefficient (Wildman–Crippen LogP) is 1.80. The van der Waals surface area contributed by atoms with Crippen LogP contribution in [0.2, 0.25) is 0 Å². The number of anilines is 1. The third-order valence-electron chi connectivity index (χ3n) is 2.12. The van der Waals surface area contributed by atoms with Crippen LogP contribution < -0.4 is 5.73 Å². The second-order valence-electron chi connectivity index (χ2n) is 3.05. The van der Waals surface area contributed by atoms with Crippen LogP contribution in [-0.2, 0) is 0 Å². The molecular weight excluding hydrogens is 196 g/mol. The highest BCUT2D eigenvalue weighted by molar-refractivity contribution is 7.18. The Morgan fingerprint density at radius 1 is 1.29 bits per heavy atom. The Morgan fingerprint density at radius 2 is 2.07 bits per heavy atom. The lowest BCUT2D eigenvalue weighted by Crippen LogP contribution is -1.90. The Hall–Kier alpha value is -1.49. The van der Waals surface area contributed by atoms with E-state index in [1.54, 1.807) is 6.20 Å². The number of pyridine rings is 1. The normalized spacial score (nSPS) is 10.4. The van der Waals surface area contributed by atoms with Crippen LogP contribution in [0.25, 0.3) is 10.7 Å². The molecule has 2 heterocycles. The average Bonchev–Trinajstić information content (AvgIpc) is 2.57. The smallest absolute Gasteiger partial charge is 0.203 e. The molecule has 0 aromatic carbocycles. The SMILES string of the molecule is Cc1ccnc(-c2nnc(N)s2)c1C. The van der Waals surface area contributed by atoms with Gasteiger partial charge in [0.1, 0.15) is 5.69 Å². The van der Waals surface area contributed by atoms with Crippen molar-refractivity contribution < 1.29 is 0 Å². The predicted molar refractivity (Wildman–Crippen MR) is 57.0 cm³/mol. The number of rotatable bonds is 1. The number of hydrogen-bond donors (Lipinski definition) is 1. The van der Waals surface area contributed by atoms with Crippen molar-refractivity contribution in [1.82, 2.24) is 15.2 Å². The maximum atomic E-state index is 5.52. The van der Waals surface area contributed by atoms with Crippen molar-refractivity contribution in [3.63, 3.8) is 0 Å². The lowest BCUT2D eigenvalue weighted by molar-refractivity contribution is 1.08. The number of nitrogens with zero attached hydrogens (tertiary/aromatic N) is 3. The lowest BCUT2D eigenvalue weighted by Gasteiger charge is -2.02. The van der Waals surface area contributed by atoms with E-state index in [2.05, 4.69) is 15.2 Å². The molecule has 0 aliphatic carbocycles. The van der Waals surface area contributed by atoms with Gasteiger partial charge in [-0.2, -0.15) is 0 Å². The summed E-state index contributed by atoms with van der Waals surface area (Å²) < 4.78 is 0. The number of aromatic nitrogens is 3. The van der Waals surface area contributed by atoms with Crippen molar-refractivity contribution in [2.24, 2.45) is 0 Å². The van der Waals surface area contributed by atoms with Crippen LogP contribution in [-0.4, -0.2) is 15.2 Å². The van der Waals surface area contributed by atoms with Crippen LogP contribution in [0.3, 0.4) is 0 Å². The quantitative estimate of drug-likeness (QED) is 0.772. The van der Waals surface area contributed by atoms with Crippen molar-refractivity contribution >= 4 is 16.5 Å². The van der Waals surface area contributed by atoms with E-state index in [1.165, 1.54) is 16.9 Å². The first kappa shape index (κ1) is 9.08. The molecule has 0 unspecified atom stereocenters. The second kappa shape index (κ2) is 3.34. The van der Waals surface area contributed by atoms with Gasteiger partial charge < -0.3 is 5.73 Å². The van der Waals surface area contributed by atoms with Gasteiger partial charge in [0, 0.05) is 6.20 Å². The molecule has 0 saturated carbocycles. The van der Waals surface area contributed by atoms with Crippen LogP contribution in [0.5, 0.6) is 0 Å². The van der Waals surface area contributed by atoms with Gasteiger partial charge in [0.25, 0.3) is 0 Å². The van der Waals surface area contributed by atoms with E-state index in [4.69, 9.17) is 5.73 Å². The molecule has 2 aromatic heterocycles. The minimum absolute atomic E-state index is 0.475. The summed E-state index contributed by atoms with van der Waals surface area (Å²) in [4.78, 5) is 4.28. The number of aryl methyl sites for hydroxylation is 1. The van der Waals surface area contributed by atoms with Gasteiger partial charge in [0.2, 0.25) is 5.13 Å². The minimum Gasteiger partial charge on any atom is -0.374 e. The van der Waals surface area contributed by atoms with Crippen LogP contribution in [0.15, 0.2) is 12.3 Å². The Balaban J connectivity index is 2.57. The molecule has 0 atom stereocenters. The highest BCUT2D eigenvalue weighted by Gasteiger charge is 2.09. The van der Waals surface area contributed by atoms with Gasteiger partial charge in [-0.25, -0.2) is 0 Å². The maximum Gasteiger partial charge on any atom is 0.203 e. The van der Waals surface area contributed by atoms with E-state index in [-0.39, 0.29) is 0 Å². The largest absolute Gasteiger partial charge is 0.374 e. The monoisotopic (exact) mass is 206 g/mol. The molecule has 2 rings (SSSR count). The van der Waals surface area contributed by atoms with E-state index in [9.17, 15) is 0 Å². The van der Waals surface area contributed by atoms with Gasteiger partial charge in [0.15, 0.2) is 5.01 Å². The topological polar surface area (TPSA) is 64.7 Å². The summed E-state index contributed by atoms with van der Waals surface area (Å²) in [6.45, 7) is 4.07. The van der Waals surface area contributed by atoms with Crippen molar-refractivity contribution in [3.05, 3.63) is 23.4 Å². The summed E-state index contributed by atoms with van der Waals surface area (Å²) in [6.07, 6.45) is 1.77. The van der Waals surface area contributed by atoms with Gasteiger partial charge in [-0.3, -0.25) is 4.98 Å². The molecule has 72 valence electrons. The zero-order valence-corrected chi connectivity index (χ0v) is 8.80. The van der Waals surface area contributed by atoms with Crippen LogP contribution in [0.1, 0.15) is 11.1 Å². The van der Waals surface area contributed by atoms with E-state index in [1.807, 2.05) is 19.9 Å². The number of nitrogens with two attached hydrogens (primary N) is 1. The molecular formula is C9H10N4S. The fourth-order valence-electron chi connectivity index (χ4n) is 1.18. The molecule has 2 aromatic rings. The fourth-order valence-corrected chi connectivity index (χ4v) is 1.84. The average molecular weight is 206 g/mol. The van der Waals surface area contributed by atoms with E-state index < -0.39 is 0 Å². The zero-order valence-electron chi connectivity index (χ0n) is 7.98. The van der Waals surface area contributed by atoms with E-state index in [0.29, 0.717) is 5.13 Å². The molecule has 0 radical (unpaired) electrons. The molecule has 2 N–H and O–H groups in total. The molecule has 0 bridgehead atoms.